The maximum absolute atomic E-state index is 13.1. The van der Waals surface area contributed by atoms with Gasteiger partial charge in [0.1, 0.15) is 18.2 Å². The van der Waals surface area contributed by atoms with Crippen LogP contribution in [0.1, 0.15) is 27.0 Å². The summed E-state index contributed by atoms with van der Waals surface area (Å²) in [4.78, 5) is 37.3. The monoisotopic (exact) mass is 463 g/mol. The second-order valence-corrected chi connectivity index (χ2v) is 8.25. The number of aromatic carboxylic acids is 1. The molecule has 0 atom stereocenters. The van der Waals surface area contributed by atoms with Gasteiger partial charge in [-0.15, -0.1) is 0 Å². The van der Waals surface area contributed by atoms with Crippen molar-refractivity contribution in [1.82, 2.24) is 4.90 Å². The zero-order chi connectivity index (χ0) is 23.4. The number of carboxylic acids is 1. The number of amides is 2. The molecule has 1 aliphatic rings. The number of imide groups is 1. The Balaban J connectivity index is 1.37. The van der Waals surface area contributed by atoms with Crippen molar-refractivity contribution in [2.75, 3.05) is 0 Å². The Labute approximate surface area is 193 Å². The summed E-state index contributed by atoms with van der Waals surface area (Å²) in [6.45, 7) is 0.365. The van der Waals surface area contributed by atoms with E-state index >= 15 is 0 Å². The number of hydrogen-bond acceptors (Lipinski definition) is 5. The van der Waals surface area contributed by atoms with Crippen molar-refractivity contribution in [2.45, 2.75) is 13.2 Å². The second-order valence-electron chi connectivity index (χ2n) is 7.25. The fourth-order valence-electron chi connectivity index (χ4n) is 3.13. The van der Waals surface area contributed by atoms with Crippen LogP contribution in [0.4, 0.5) is 9.18 Å². The lowest BCUT2D eigenvalue weighted by Crippen LogP contribution is -2.27. The van der Waals surface area contributed by atoms with E-state index in [1.807, 2.05) is 0 Å². The van der Waals surface area contributed by atoms with Crippen LogP contribution in [0.3, 0.4) is 0 Å². The summed E-state index contributed by atoms with van der Waals surface area (Å²) >= 11 is 0.865. The van der Waals surface area contributed by atoms with Crippen LogP contribution in [0.2, 0.25) is 0 Å². The number of ether oxygens (including phenoxy) is 1. The van der Waals surface area contributed by atoms with Crippen LogP contribution < -0.4 is 4.74 Å². The molecule has 0 saturated carbocycles. The van der Waals surface area contributed by atoms with Crippen LogP contribution >= 0.6 is 11.8 Å². The van der Waals surface area contributed by atoms with Gasteiger partial charge in [0, 0.05) is 0 Å². The van der Waals surface area contributed by atoms with Gasteiger partial charge in [-0.05, 0) is 70.9 Å². The standard InChI is InChI=1S/C25H18FNO5S/c26-20-9-3-17(4-10-20)14-27-23(28)22(33-25(27)31)13-16-5-11-21(12-6-16)32-15-18-1-7-19(8-2-18)24(29)30/h1-13H,14-15H2,(H,29,30)/b22-13-. The van der Waals surface area contributed by atoms with Crippen molar-refractivity contribution < 1.29 is 28.6 Å². The Bertz CT molecular complexity index is 1220. The maximum atomic E-state index is 13.1. The molecule has 1 aliphatic heterocycles. The van der Waals surface area contributed by atoms with Crippen LogP contribution in [0.5, 0.6) is 5.75 Å². The summed E-state index contributed by atoms with van der Waals surface area (Å²) in [5.74, 6) is -1.14. The number of carbonyl (C=O) groups is 3. The zero-order valence-electron chi connectivity index (χ0n) is 17.2. The molecule has 166 valence electrons. The third-order valence-electron chi connectivity index (χ3n) is 4.91. The van der Waals surface area contributed by atoms with Gasteiger partial charge < -0.3 is 9.84 Å². The van der Waals surface area contributed by atoms with E-state index in [1.54, 1.807) is 54.6 Å². The Kier molecular flexibility index (Phi) is 6.55. The summed E-state index contributed by atoms with van der Waals surface area (Å²) in [7, 11) is 0. The lowest BCUT2D eigenvalue weighted by molar-refractivity contribution is -0.123. The van der Waals surface area contributed by atoms with Crippen molar-refractivity contribution >= 4 is 35.0 Å². The van der Waals surface area contributed by atoms with Crippen LogP contribution in [-0.2, 0) is 17.9 Å². The van der Waals surface area contributed by atoms with Crippen LogP contribution in [0.15, 0.2) is 77.7 Å². The fourth-order valence-corrected chi connectivity index (χ4v) is 3.97. The number of carbonyl (C=O) groups excluding carboxylic acids is 2. The average Bonchev–Trinajstić information content (AvgIpc) is 3.07. The normalized spacial score (nSPS) is 14.7. The van der Waals surface area contributed by atoms with Gasteiger partial charge >= 0.3 is 5.97 Å². The molecule has 1 N–H and O–H groups in total. The van der Waals surface area contributed by atoms with Crippen molar-refractivity contribution in [3.05, 3.63) is 106 Å². The molecular formula is C25H18FNO5S. The van der Waals surface area contributed by atoms with E-state index in [9.17, 15) is 18.8 Å². The molecule has 0 bridgehead atoms. The number of nitrogens with zero attached hydrogens (tertiary/aromatic N) is 1. The van der Waals surface area contributed by atoms with Crippen molar-refractivity contribution in [1.29, 1.82) is 0 Å². The lowest BCUT2D eigenvalue weighted by atomic mass is 10.1. The van der Waals surface area contributed by atoms with E-state index in [0.717, 1.165) is 27.8 Å². The Morgan fingerprint density at radius 2 is 1.58 bits per heavy atom. The van der Waals surface area contributed by atoms with Gasteiger partial charge in [0.05, 0.1) is 17.0 Å². The summed E-state index contributed by atoms with van der Waals surface area (Å²) in [6, 6.07) is 19.1. The second kappa shape index (κ2) is 9.70. The van der Waals surface area contributed by atoms with Crippen LogP contribution in [-0.4, -0.2) is 27.1 Å². The smallest absolute Gasteiger partial charge is 0.335 e. The molecule has 4 rings (SSSR count). The minimum atomic E-state index is -0.980. The first-order valence-electron chi connectivity index (χ1n) is 9.94. The highest BCUT2D eigenvalue weighted by Gasteiger charge is 2.34. The van der Waals surface area contributed by atoms with E-state index in [0.29, 0.717) is 16.2 Å². The topological polar surface area (TPSA) is 83.9 Å². The first-order chi connectivity index (χ1) is 15.9. The number of hydrogen-bond donors (Lipinski definition) is 1. The predicted molar refractivity (Wildman–Crippen MR) is 122 cm³/mol. The minimum Gasteiger partial charge on any atom is -0.489 e. The fraction of sp³-hybridized carbons (Fsp3) is 0.0800. The molecule has 3 aromatic carbocycles. The molecule has 2 amide bonds. The minimum absolute atomic E-state index is 0.0858. The summed E-state index contributed by atoms with van der Waals surface area (Å²) in [5.41, 5.74) is 2.45. The molecule has 3 aromatic rings. The number of carboxylic acid groups (broad SMARTS) is 1. The molecule has 0 radical (unpaired) electrons. The maximum Gasteiger partial charge on any atom is 0.335 e. The third-order valence-corrected chi connectivity index (χ3v) is 5.82. The molecule has 33 heavy (non-hydrogen) atoms. The van der Waals surface area contributed by atoms with Gasteiger partial charge in [-0.1, -0.05) is 36.4 Å². The van der Waals surface area contributed by atoms with E-state index in [1.165, 1.54) is 24.3 Å². The van der Waals surface area contributed by atoms with Gasteiger partial charge in [-0.25, -0.2) is 9.18 Å². The van der Waals surface area contributed by atoms with Crippen molar-refractivity contribution in [2.24, 2.45) is 0 Å². The average molecular weight is 463 g/mol. The molecule has 0 aliphatic carbocycles. The molecule has 0 unspecified atom stereocenters. The van der Waals surface area contributed by atoms with Gasteiger partial charge in [-0.2, -0.15) is 0 Å². The summed E-state index contributed by atoms with van der Waals surface area (Å²) < 4.78 is 18.8. The number of rotatable bonds is 7. The first kappa shape index (κ1) is 22.3. The van der Waals surface area contributed by atoms with Gasteiger partial charge in [0.25, 0.3) is 11.1 Å². The Morgan fingerprint density at radius 3 is 2.21 bits per heavy atom. The van der Waals surface area contributed by atoms with Crippen LogP contribution in [0, 0.1) is 5.82 Å². The quantitative estimate of drug-likeness (QED) is 0.476. The third kappa shape index (κ3) is 5.48. The molecule has 6 nitrogen and oxygen atoms in total. The number of halogens is 1. The van der Waals surface area contributed by atoms with E-state index in [4.69, 9.17) is 9.84 Å². The highest BCUT2D eigenvalue weighted by atomic mass is 32.2. The van der Waals surface area contributed by atoms with Crippen molar-refractivity contribution in [3.63, 3.8) is 0 Å². The lowest BCUT2D eigenvalue weighted by Gasteiger charge is -2.12. The molecule has 0 spiro atoms. The van der Waals surface area contributed by atoms with Gasteiger partial charge in [0.2, 0.25) is 0 Å². The Hall–Kier alpha value is -3.91. The predicted octanol–water partition coefficient (Wildman–Crippen LogP) is 5.34. The first-order valence-corrected chi connectivity index (χ1v) is 10.8. The highest BCUT2D eigenvalue weighted by molar-refractivity contribution is 8.18. The Morgan fingerprint density at radius 1 is 0.939 bits per heavy atom. The van der Waals surface area contributed by atoms with E-state index in [2.05, 4.69) is 0 Å². The number of benzene rings is 3. The summed E-state index contributed by atoms with van der Waals surface area (Å²) in [5, 5.41) is 8.57. The molecule has 1 heterocycles. The SMILES string of the molecule is O=C(O)c1ccc(COc2ccc(/C=C3\SC(=O)N(Cc4ccc(F)cc4)C3=O)cc2)cc1. The molecule has 8 heteroatoms. The van der Waals surface area contributed by atoms with E-state index in [-0.39, 0.29) is 35.7 Å². The highest BCUT2D eigenvalue weighted by Crippen LogP contribution is 2.33. The van der Waals surface area contributed by atoms with Gasteiger partial charge in [0.15, 0.2) is 0 Å². The van der Waals surface area contributed by atoms with Crippen LogP contribution in [0.25, 0.3) is 6.08 Å². The molecule has 0 aromatic heterocycles. The summed E-state index contributed by atoms with van der Waals surface area (Å²) in [6.07, 6.45) is 1.64. The molecular weight excluding hydrogens is 445 g/mol. The van der Waals surface area contributed by atoms with E-state index < -0.39 is 5.97 Å². The zero-order valence-corrected chi connectivity index (χ0v) is 18.0. The van der Waals surface area contributed by atoms with Gasteiger partial charge in [-0.3, -0.25) is 14.5 Å². The largest absolute Gasteiger partial charge is 0.489 e. The molecule has 1 fully saturated rings. The molecule has 1 saturated heterocycles. The van der Waals surface area contributed by atoms with Crippen molar-refractivity contribution in [3.8, 4) is 5.75 Å². The number of thioether (sulfide) groups is 1.